The van der Waals surface area contributed by atoms with Gasteiger partial charge in [0.15, 0.2) is 5.78 Å². The second kappa shape index (κ2) is 11.9. The van der Waals surface area contributed by atoms with Crippen LogP contribution in [-0.2, 0) is 23.9 Å². The molecule has 16 heteroatoms. The van der Waals surface area contributed by atoms with E-state index in [0.717, 1.165) is 9.80 Å². The van der Waals surface area contributed by atoms with Crippen molar-refractivity contribution >= 4 is 39.6 Å². The minimum Gasteiger partial charge on any atom is -0.444 e. The lowest BCUT2D eigenvalue weighted by Crippen LogP contribution is -2.58. The van der Waals surface area contributed by atoms with Gasteiger partial charge < -0.3 is 14.8 Å². The molecule has 1 aromatic heterocycles. The molecule has 2 aliphatic heterocycles. The summed E-state index contributed by atoms with van der Waals surface area (Å²) in [5.74, 6) is -2.03. The Morgan fingerprint density at radius 3 is 2.24 bits per heavy atom. The number of benzene rings is 1. The zero-order valence-electron chi connectivity index (χ0n) is 24.9. The molecule has 2 fully saturated rings. The molecule has 45 heavy (non-hydrogen) atoms. The van der Waals surface area contributed by atoms with Crippen LogP contribution in [0.3, 0.4) is 0 Å². The Balaban J connectivity index is 1.84. The van der Waals surface area contributed by atoms with E-state index in [1.807, 2.05) is 0 Å². The number of likely N-dealkylation sites (tertiary alicyclic amines) is 1. The summed E-state index contributed by atoms with van der Waals surface area (Å²) < 4.78 is 78.8. The van der Waals surface area contributed by atoms with Gasteiger partial charge >= 0.3 is 16.3 Å². The van der Waals surface area contributed by atoms with Crippen molar-refractivity contribution in [2.75, 3.05) is 24.7 Å². The second-order valence-corrected chi connectivity index (χ2v) is 14.4. The van der Waals surface area contributed by atoms with E-state index >= 15 is 0 Å². The maximum Gasteiger partial charge on any atom is 0.411 e. The highest BCUT2D eigenvalue weighted by Gasteiger charge is 2.65. The van der Waals surface area contributed by atoms with Crippen molar-refractivity contribution in [3.05, 3.63) is 54.4 Å². The Labute approximate surface area is 257 Å². The van der Waals surface area contributed by atoms with Gasteiger partial charge in [0.1, 0.15) is 22.6 Å². The smallest absolute Gasteiger partial charge is 0.411 e. The van der Waals surface area contributed by atoms with Crippen molar-refractivity contribution in [2.45, 2.75) is 75.1 Å². The molecule has 2 atom stereocenters. The first-order chi connectivity index (χ1) is 20.7. The van der Waals surface area contributed by atoms with Crippen LogP contribution in [-0.4, -0.2) is 71.0 Å². The van der Waals surface area contributed by atoms with E-state index < -0.39 is 57.3 Å². The van der Waals surface area contributed by atoms with E-state index in [-0.39, 0.29) is 48.1 Å². The molecule has 3 heterocycles. The SMILES string of the molecule is CC(C)(C)OC(=O)N1CC(=O)CCC1C(=O)N(c1ccc(S(F)(F)(F)(F)F)cc1)C(C(=O)NC1CCOCC1)c1cccnc1. The fraction of sp³-hybridized carbons (Fsp3) is 0.483. The average molecular weight is 663 g/mol. The summed E-state index contributed by atoms with van der Waals surface area (Å²) in [5, 5.41) is 2.85. The van der Waals surface area contributed by atoms with Gasteiger partial charge in [-0.2, -0.15) is 0 Å². The largest absolute Gasteiger partial charge is 0.444 e. The molecule has 0 spiro atoms. The fourth-order valence-electron chi connectivity index (χ4n) is 5.11. The summed E-state index contributed by atoms with van der Waals surface area (Å²) in [6, 6.07) is 1.28. The van der Waals surface area contributed by atoms with Gasteiger partial charge in [-0.05, 0) is 70.4 Å². The van der Waals surface area contributed by atoms with Crippen LogP contribution in [0, 0.1) is 0 Å². The minimum atomic E-state index is -10.1. The standard InChI is InChI=1S/C29H35F5N4O6S/c1-29(2,3)44-28(42)37-18-22(39)8-11-24(37)27(41)38(21-6-9-23(10-7-21)45(30,31,32,33)34)25(19-5-4-14-35-17-19)26(40)36-20-12-15-43-16-13-20/h4-7,9-10,14,17,20,24-25H,8,11-13,15-16,18H2,1-3H3,(H,36,40). The van der Waals surface area contributed by atoms with Gasteiger partial charge in [-0.15, -0.1) is 0 Å². The van der Waals surface area contributed by atoms with E-state index in [1.165, 1.54) is 24.5 Å². The maximum absolute atomic E-state index is 14.5. The molecule has 0 saturated carbocycles. The summed E-state index contributed by atoms with van der Waals surface area (Å²) in [6.45, 7) is 4.98. The van der Waals surface area contributed by atoms with Crippen LogP contribution < -0.4 is 10.2 Å². The average Bonchev–Trinajstić information content (AvgIpc) is 2.94. The number of nitrogens with one attached hydrogen (secondary N) is 1. The number of nitrogens with zero attached hydrogens (tertiary/aromatic N) is 3. The molecule has 1 aromatic carbocycles. The Morgan fingerprint density at radius 2 is 1.69 bits per heavy atom. The van der Waals surface area contributed by atoms with Gasteiger partial charge in [-0.1, -0.05) is 25.5 Å². The van der Waals surface area contributed by atoms with Crippen LogP contribution in [0.25, 0.3) is 0 Å². The molecule has 2 saturated heterocycles. The van der Waals surface area contributed by atoms with E-state index in [9.17, 15) is 38.6 Å². The topological polar surface area (TPSA) is 118 Å². The highest BCUT2D eigenvalue weighted by atomic mass is 32.5. The lowest BCUT2D eigenvalue weighted by atomic mass is 9.97. The van der Waals surface area contributed by atoms with E-state index in [4.69, 9.17) is 9.47 Å². The second-order valence-electron chi connectivity index (χ2n) is 12.0. The zero-order chi connectivity index (χ0) is 33.3. The number of ether oxygens (including phenoxy) is 2. The van der Waals surface area contributed by atoms with Crippen molar-refractivity contribution in [2.24, 2.45) is 0 Å². The molecule has 0 bridgehead atoms. The molecule has 3 amide bonds. The van der Waals surface area contributed by atoms with Gasteiger partial charge in [0, 0.05) is 49.3 Å². The molecule has 1 N–H and O–H groups in total. The monoisotopic (exact) mass is 662 g/mol. The third kappa shape index (κ3) is 8.69. The van der Waals surface area contributed by atoms with Crippen molar-refractivity contribution in [3.8, 4) is 0 Å². The Morgan fingerprint density at radius 1 is 1.04 bits per heavy atom. The number of Topliss-reactive ketones (excluding diaryl/α,β-unsaturated/α-hetero) is 1. The Hall–Kier alpha value is -3.79. The van der Waals surface area contributed by atoms with Gasteiger partial charge in [0.2, 0.25) is 5.91 Å². The number of amides is 3. The van der Waals surface area contributed by atoms with Gasteiger partial charge in [-0.3, -0.25) is 29.2 Å². The van der Waals surface area contributed by atoms with Crippen molar-refractivity contribution in [1.29, 1.82) is 0 Å². The summed E-state index contributed by atoms with van der Waals surface area (Å²) in [6.07, 6.45) is 2.31. The number of ketones is 1. The number of carbonyl (C=O) groups is 4. The zero-order valence-corrected chi connectivity index (χ0v) is 25.7. The highest BCUT2D eigenvalue weighted by Crippen LogP contribution is 3.02. The molecule has 0 radical (unpaired) electrons. The van der Waals surface area contributed by atoms with Gasteiger partial charge in [0.05, 0.1) is 6.54 Å². The van der Waals surface area contributed by atoms with E-state index in [0.29, 0.717) is 38.2 Å². The number of pyridine rings is 1. The number of rotatable bonds is 7. The molecule has 248 valence electrons. The molecular weight excluding hydrogens is 627 g/mol. The van der Waals surface area contributed by atoms with Crippen molar-refractivity contribution in [3.63, 3.8) is 0 Å². The summed E-state index contributed by atoms with van der Waals surface area (Å²) in [4.78, 5) is 57.6. The highest BCUT2D eigenvalue weighted by molar-refractivity contribution is 8.45. The quantitative estimate of drug-likeness (QED) is 0.357. The summed E-state index contributed by atoms with van der Waals surface area (Å²) in [7, 11) is -10.1. The molecule has 10 nitrogen and oxygen atoms in total. The lowest BCUT2D eigenvalue weighted by molar-refractivity contribution is -0.133. The number of hydrogen-bond acceptors (Lipinski definition) is 7. The first-order valence-electron chi connectivity index (χ1n) is 14.2. The van der Waals surface area contributed by atoms with Crippen LogP contribution in [0.1, 0.15) is 58.1 Å². The maximum atomic E-state index is 14.5. The summed E-state index contributed by atoms with van der Waals surface area (Å²) in [5.41, 5.74) is -1.18. The van der Waals surface area contributed by atoms with Crippen LogP contribution in [0.5, 0.6) is 0 Å². The third-order valence-corrected chi connectivity index (χ3v) is 8.37. The molecule has 2 unspecified atom stereocenters. The molecule has 0 aliphatic carbocycles. The number of aromatic nitrogens is 1. The first-order valence-corrected chi connectivity index (χ1v) is 16.2. The van der Waals surface area contributed by atoms with Gasteiger partial charge in [-0.25, -0.2) is 4.79 Å². The molecule has 2 aromatic rings. The minimum absolute atomic E-state index is 0.113. The molecule has 4 rings (SSSR count). The van der Waals surface area contributed by atoms with E-state index in [1.54, 1.807) is 20.8 Å². The summed E-state index contributed by atoms with van der Waals surface area (Å²) >= 11 is 0. The third-order valence-electron chi connectivity index (χ3n) is 7.20. The predicted molar refractivity (Wildman–Crippen MR) is 155 cm³/mol. The fourth-order valence-corrected chi connectivity index (χ4v) is 5.76. The molecule has 2 aliphatic rings. The van der Waals surface area contributed by atoms with Crippen molar-refractivity contribution < 1.29 is 48.1 Å². The molecular formula is C29H35F5N4O6S. The van der Waals surface area contributed by atoms with E-state index in [2.05, 4.69) is 10.3 Å². The number of carbonyl (C=O) groups excluding carboxylic acids is 4. The number of piperidine rings is 1. The number of anilines is 1. The van der Waals surface area contributed by atoms with Crippen LogP contribution in [0.2, 0.25) is 0 Å². The predicted octanol–water partition coefficient (Wildman–Crippen LogP) is 6.08. The van der Waals surface area contributed by atoms with Gasteiger partial charge in [0.25, 0.3) is 5.91 Å². The Kier molecular flexibility index (Phi) is 8.98. The van der Waals surface area contributed by atoms with Crippen LogP contribution in [0.15, 0.2) is 53.7 Å². The normalized spacial score (nSPS) is 20.4. The lowest BCUT2D eigenvalue weighted by Gasteiger charge is -2.41. The van der Waals surface area contributed by atoms with Crippen LogP contribution >= 0.6 is 10.2 Å². The first kappa shape index (κ1) is 34.1. The Bertz CT molecular complexity index is 1430. The number of halogens is 5. The van der Waals surface area contributed by atoms with Crippen molar-refractivity contribution in [1.82, 2.24) is 15.2 Å². The number of hydrogen-bond donors (Lipinski definition) is 1. The van der Waals surface area contributed by atoms with Crippen LogP contribution in [0.4, 0.5) is 29.9 Å².